The molecule has 182 valence electrons. The molecule has 2 heterocycles. The predicted octanol–water partition coefficient (Wildman–Crippen LogP) is 6.67. The van der Waals surface area contributed by atoms with Gasteiger partial charge in [-0.2, -0.15) is 0 Å². The van der Waals surface area contributed by atoms with Crippen LogP contribution in [0.1, 0.15) is 43.9 Å². The quantitative estimate of drug-likeness (QED) is 0.170. The van der Waals surface area contributed by atoms with Crippen LogP contribution in [0, 0.1) is 6.92 Å². The molecule has 0 fully saturated rings. The number of nitrogens with zero attached hydrogens (tertiary/aromatic N) is 2. The number of ether oxygens (including phenoxy) is 2. The number of imidazole rings is 1. The van der Waals surface area contributed by atoms with Gasteiger partial charge in [-0.1, -0.05) is 42.5 Å². The summed E-state index contributed by atoms with van der Waals surface area (Å²) in [6, 6.07) is 20.3. The first-order chi connectivity index (χ1) is 17.2. The van der Waals surface area contributed by atoms with Crippen molar-refractivity contribution in [3.8, 4) is 28.5 Å². The second-order valence-corrected chi connectivity index (χ2v) is 8.44. The van der Waals surface area contributed by atoms with Crippen LogP contribution in [0.2, 0.25) is 0 Å². The number of aromatic nitrogens is 2. The fraction of sp³-hybridized carbons (Fsp3) is 0.310. The molecular weight excluding hydrogens is 440 g/mol. The SMILES string of the molecule is CCOC(=O)CCCCCOc1ccccc1Cn1c(C)cnc1-c1ccc(-c2ccco2)cc1. The fourth-order valence-electron chi connectivity index (χ4n) is 4.03. The maximum absolute atomic E-state index is 11.5. The molecule has 35 heavy (non-hydrogen) atoms. The standard InChI is InChI=1S/C29H32N2O4/c1-3-33-28(32)13-5-4-8-18-34-27-11-7-6-10-25(27)21-31-22(2)20-30-29(31)24-16-14-23(15-17-24)26-12-9-19-35-26/h6-7,9-12,14-17,19-20H,3-5,8,13,18,21H2,1-2H3. The Morgan fingerprint density at radius 1 is 0.971 bits per heavy atom. The summed E-state index contributed by atoms with van der Waals surface area (Å²) in [5.74, 6) is 2.52. The van der Waals surface area contributed by atoms with E-state index in [2.05, 4.69) is 46.8 Å². The van der Waals surface area contributed by atoms with Gasteiger partial charge in [-0.05, 0) is 51.3 Å². The number of esters is 1. The van der Waals surface area contributed by atoms with Gasteiger partial charge in [0.1, 0.15) is 17.3 Å². The summed E-state index contributed by atoms with van der Waals surface area (Å²) in [6.07, 6.45) is 6.70. The zero-order valence-electron chi connectivity index (χ0n) is 20.4. The topological polar surface area (TPSA) is 66.5 Å². The van der Waals surface area contributed by atoms with Crippen molar-refractivity contribution in [1.82, 2.24) is 9.55 Å². The number of hydrogen-bond donors (Lipinski definition) is 0. The highest BCUT2D eigenvalue weighted by molar-refractivity contribution is 5.69. The van der Waals surface area contributed by atoms with E-state index in [1.165, 1.54) is 0 Å². The molecule has 0 amide bonds. The molecular formula is C29H32N2O4. The highest BCUT2D eigenvalue weighted by Gasteiger charge is 2.13. The zero-order chi connectivity index (χ0) is 24.5. The Hall–Kier alpha value is -3.80. The van der Waals surface area contributed by atoms with Crippen molar-refractivity contribution in [2.24, 2.45) is 0 Å². The minimum Gasteiger partial charge on any atom is -0.493 e. The summed E-state index contributed by atoms with van der Waals surface area (Å²) in [5, 5.41) is 0. The Morgan fingerprint density at radius 3 is 2.54 bits per heavy atom. The molecule has 0 bridgehead atoms. The van der Waals surface area contributed by atoms with Crippen LogP contribution < -0.4 is 4.74 Å². The number of carbonyl (C=O) groups is 1. The molecule has 0 N–H and O–H groups in total. The molecule has 0 aliphatic heterocycles. The molecule has 0 spiro atoms. The first kappa shape index (κ1) is 24.3. The zero-order valence-corrected chi connectivity index (χ0v) is 20.4. The van der Waals surface area contributed by atoms with Crippen molar-refractivity contribution < 1.29 is 18.7 Å². The van der Waals surface area contributed by atoms with Gasteiger partial charge in [-0.3, -0.25) is 4.79 Å². The number of para-hydroxylation sites is 1. The van der Waals surface area contributed by atoms with Gasteiger partial charge in [0.05, 0.1) is 26.0 Å². The molecule has 0 radical (unpaired) electrons. The van der Waals surface area contributed by atoms with Gasteiger partial charge < -0.3 is 18.5 Å². The molecule has 6 nitrogen and oxygen atoms in total. The summed E-state index contributed by atoms with van der Waals surface area (Å²) in [5.41, 5.74) is 4.28. The lowest BCUT2D eigenvalue weighted by molar-refractivity contribution is -0.143. The number of carbonyl (C=O) groups excluding carboxylic acids is 1. The molecule has 4 aromatic rings. The van der Waals surface area contributed by atoms with Crippen LogP contribution in [0.3, 0.4) is 0 Å². The average molecular weight is 473 g/mol. The third-order valence-corrected chi connectivity index (χ3v) is 5.89. The molecule has 0 unspecified atom stereocenters. The predicted molar refractivity (Wildman–Crippen MR) is 136 cm³/mol. The monoisotopic (exact) mass is 472 g/mol. The highest BCUT2D eigenvalue weighted by atomic mass is 16.5. The van der Waals surface area contributed by atoms with Crippen LogP contribution in [0.4, 0.5) is 0 Å². The van der Waals surface area contributed by atoms with E-state index in [0.717, 1.165) is 59.0 Å². The van der Waals surface area contributed by atoms with E-state index in [1.807, 2.05) is 43.5 Å². The molecule has 6 heteroatoms. The summed E-state index contributed by atoms with van der Waals surface area (Å²) in [7, 11) is 0. The highest BCUT2D eigenvalue weighted by Crippen LogP contribution is 2.27. The van der Waals surface area contributed by atoms with E-state index in [4.69, 9.17) is 13.9 Å². The maximum atomic E-state index is 11.5. The van der Waals surface area contributed by atoms with E-state index in [9.17, 15) is 4.79 Å². The normalized spacial score (nSPS) is 10.9. The van der Waals surface area contributed by atoms with Crippen molar-refractivity contribution in [3.63, 3.8) is 0 Å². The van der Waals surface area contributed by atoms with Gasteiger partial charge in [0.2, 0.25) is 0 Å². The van der Waals surface area contributed by atoms with E-state index in [-0.39, 0.29) is 5.97 Å². The van der Waals surface area contributed by atoms with Gasteiger partial charge in [0, 0.05) is 35.0 Å². The molecule has 0 atom stereocenters. The minimum absolute atomic E-state index is 0.124. The Kier molecular flexibility index (Phi) is 8.39. The van der Waals surface area contributed by atoms with Gasteiger partial charge in [0.15, 0.2) is 0 Å². The minimum atomic E-state index is -0.124. The smallest absolute Gasteiger partial charge is 0.305 e. The van der Waals surface area contributed by atoms with E-state index >= 15 is 0 Å². The van der Waals surface area contributed by atoms with Gasteiger partial charge >= 0.3 is 5.97 Å². The Labute approximate surface area is 206 Å². The van der Waals surface area contributed by atoms with Gasteiger partial charge in [-0.25, -0.2) is 4.98 Å². The number of benzene rings is 2. The van der Waals surface area contributed by atoms with Gasteiger partial charge in [-0.15, -0.1) is 0 Å². The molecule has 2 aromatic carbocycles. The molecule has 2 aromatic heterocycles. The molecule has 4 rings (SSSR count). The summed E-state index contributed by atoms with van der Waals surface area (Å²) >= 11 is 0. The first-order valence-corrected chi connectivity index (χ1v) is 12.2. The van der Waals surface area contributed by atoms with Crippen LogP contribution in [0.25, 0.3) is 22.7 Å². The second kappa shape index (κ2) is 12.1. The van der Waals surface area contributed by atoms with Crippen LogP contribution in [-0.2, 0) is 16.1 Å². The number of unbranched alkanes of at least 4 members (excludes halogenated alkanes) is 2. The Morgan fingerprint density at radius 2 is 1.77 bits per heavy atom. The lowest BCUT2D eigenvalue weighted by Gasteiger charge is -2.15. The van der Waals surface area contributed by atoms with Gasteiger partial charge in [0.25, 0.3) is 0 Å². The molecule has 0 aliphatic rings. The number of furan rings is 1. The van der Waals surface area contributed by atoms with Crippen LogP contribution in [0.15, 0.2) is 77.5 Å². The molecule has 0 saturated heterocycles. The van der Waals surface area contributed by atoms with E-state index in [0.29, 0.717) is 26.2 Å². The van der Waals surface area contributed by atoms with Crippen molar-refractivity contribution in [3.05, 3.63) is 84.4 Å². The van der Waals surface area contributed by atoms with Crippen molar-refractivity contribution >= 4 is 5.97 Å². The third kappa shape index (κ3) is 6.41. The molecule has 0 saturated carbocycles. The number of hydrogen-bond acceptors (Lipinski definition) is 5. The molecule has 0 aliphatic carbocycles. The Bertz CT molecular complexity index is 1210. The lowest BCUT2D eigenvalue weighted by atomic mass is 10.1. The number of aryl methyl sites for hydroxylation is 1. The fourth-order valence-corrected chi connectivity index (χ4v) is 4.03. The summed E-state index contributed by atoms with van der Waals surface area (Å²) < 4.78 is 18.8. The number of rotatable bonds is 12. The van der Waals surface area contributed by atoms with Crippen molar-refractivity contribution in [2.75, 3.05) is 13.2 Å². The van der Waals surface area contributed by atoms with E-state index in [1.54, 1.807) is 6.26 Å². The lowest BCUT2D eigenvalue weighted by Crippen LogP contribution is -2.07. The largest absolute Gasteiger partial charge is 0.493 e. The first-order valence-electron chi connectivity index (χ1n) is 12.2. The third-order valence-electron chi connectivity index (χ3n) is 5.89. The van der Waals surface area contributed by atoms with E-state index < -0.39 is 0 Å². The van der Waals surface area contributed by atoms with Crippen LogP contribution in [-0.4, -0.2) is 28.7 Å². The van der Waals surface area contributed by atoms with Crippen molar-refractivity contribution in [1.29, 1.82) is 0 Å². The van der Waals surface area contributed by atoms with Crippen molar-refractivity contribution in [2.45, 2.75) is 46.1 Å². The van der Waals surface area contributed by atoms with Crippen LogP contribution >= 0.6 is 0 Å². The second-order valence-electron chi connectivity index (χ2n) is 8.44. The summed E-state index contributed by atoms with van der Waals surface area (Å²) in [6.45, 7) is 5.62. The summed E-state index contributed by atoms with van der Waals surface area (Å²) in [4.78, 5) is 16.1. The van der Waals surface area contributed by atoms with Crippen LogP contribution in [0.5, 0.6) is 5.75 Å². The average Bonchev–Trinajstić information content (AvgIpc) is 3.53. The maximum Gasteiger partial charge on any atom is 0.305 e. The Balaban J connectivity index is 1.40.